The van der Waals surface area contributed by atoms with Gasteiger partial charge in [-0.25, -0.2) is 4.39 Å². The van der Waals surface area contributed by atoms with E-state index in [0.29, 0.717) is 18.8 Å². The summed E-state index contributed by atoms with van der Waals surface area (Å²) >= 11 is 4.85. The zero-order chi connectivity index (χ0) is 12.9. The third-order valence-corrected chi connectivity index (χ3v) is 3.58. The number of hydrogen-bond donors (Lipinski definition) is 2. The van der Waals surface area contributed by atoms with Crippen LogP contribution >= 0.6 is 27.7 Å². The van der Waals surface area contributed by atoms with Crippen LogP contribution in [-0.2, 0) is 6.54 Å². The molecule has 17 heavy (non-hydrogen) atoms. The van der Waals surface area contributed by atoms with Crippen molar-refractivity contribution in [1.29, 1.82) is 0 Å². The van der Waals surface area contributed by atoms with Gasteiger partial charge in [0.25, 0.3) is 0 Å². The summed E-state index contributed by atoms with van der Waals surface area (Å²) in [7, 11) is 0. The fourth-order valence-corrected chi connectivity index (χ4v) is 2.79. The number of aliphatic hydroxyl groups is 1. The number of thioether (sulfide) groups is 1. The highest BCUT2D eigenvalue weighted by molar-refractivity contribution is 9.10. The highest BCUT2D eigenvalue weighted by atomic mass is 79.9. The van der Waals surface area contributed by atoms with Crippen LogP contribution in [0, 0.1) is 5.82 Å². The molecule has 0 fully saturated rings. The first kappa shape index (κ1) is 15.0. The van der Waals surface area contributed by atoms with Gasteiger partial charge in [0.05, 0.1) is 5.60 Å². The van der Waals surface area contributed by atoms with Gasteiger partial charge in [-0.3, -0.25) is 0 Å². The van der Waals surface area contributed by atoms with Gasteiger partial charge in [-0.1, -0.05) is 15.9 Å². The number of nitrogens with one attached hydrogen (secondary N) is 1. The van der Waals surface area contributed by atoms with Gasteiger partial charge in [-0.2, -0.15) is 11.8 Å². The molecule has 0 radical (unpaired) electrons. The summed E-state index contributed by atoms with van der Waals surface area (Å²) in [4.78, 5) is 0. The molecular formula is C12H17BrFNOS. The fourth-order valence-electron chi connectivity index (χ4n) is 1.55. The van der Waals surface area contributed by atoms with Crippen molar-refractivity contribution in [3.8, 4) is 0 Å². The molecule has 1 unspecified atom stereocenters. The summed E-state index contributed by atoms with van der Waals surface area (Å²) in [6.45, 7) is 2.82. The Balaban J connectivity index is 2.45. The molecule has 0 amide bonds. The second-order valence-corrected chi connectivity index (χ2v) is 6.09. The van der Waals surface area contributed by atoms with Crippen LogP contribution in [0.3, 0.4) is 0 Å². The third-order valence-electron chi connectivity index (χ3n) is 2.21. The summed E-state index contributed by atoms with van der Waals surface area (Å²) < 4.78 is 13.8. The number of rotatable bonds is 6. The molecule has 5 heteroatoms. The lowest BCUT2D eigenvalue weighted by Crippen LogP contribution is -2.39. The molecule has 0 saturated carbocycles. The van der Waals surface area contributed by atoms with E-state index in [1.54, 1.807) is 18.7 Å². The second-order valence-electron chi connectivity index (χ2n) is 4.31. The SMILES string of the molecule is CSCC(C)(O)CNCc1cc(F)cc(Br)c1. The Kier molecular flexibility index (Phi) is 5.92. The molecule has 2 nitrogen and oxygen atoms in total. The molecule has 1 aromatic rings. The lowest BCUT2D eigenvalue weighted by Gasteiger charge is -2.22. The summed E-state index contributed by atoms with van der Waals surface area (Å²) in [5.74, 6) is 0.416. The van der Waals surface area contributed by atoms with Crippen molar-refractivity contribution in [2.24, 2.45) is 0 Å². The van der Waals surface area contributed by atoms with Gasteiger partial charge >= 0.3 is 0 Å². The van der Waals surface area contributed by atoms with E-state index >= 15 is 0 Å². The van der Waals surface area contributed by atoms with Crippen molar-refractivity contribution in [1.82, 2.24) is 5.32 Å². The van der Waals surface area contributed by atoms with Crippen molar-refractivity contribution < 1.29 is 9.50 Å². The van der Waals surface area contributed by atoms with Crippen LogP contribution in [0.15, 0.2) is 22.7 Å². The quantitative estimate of drug-likeness (QED) is 0.845. The molecule has 0 heterocycles. The summed E-state index contributed by atoms with van der Waals surface area (Å²) in [6.07, 6.45) is 1.96. The number of benzene rings is 1. The van der Waals surface area contributed by atoms with E-state index in [2.05, 4.69) is 21.2 Å². The highest BCUT2D eigenvalue weighted by Crippen LogP contribution is 2.15. The van der Waals surface area contributed by atoms with Gasteiger partial charge in [-0.05, 0) is 36.9 Å². The first-order valence-corrected chi connectivity index (χ1v) is 7.49. The van der Waals surface area contributed by atoms with Crippen molar-refractivity contribution in [3.63, 3.8) is 0 Å². The summed E-state index contributed by atoms with van der Waals surface area (Å²) in [5, 5.41) is 13.1. The maximum absolute atomic E-state index is 13.1. The van der Waals surface area contributed by atoms with Crippen LogP contribution in [0.1, 0.15) is 12.5 Å². The van der Waals surface area contributed by atoms with Gasteiger partial charge in [0.2, 0.25) is 0 Å². The summed E-state index contributed by atoms with van der Waals surface area (Å²) in [5.41, 5.74) is 0.126. The molecule has 0 saturated heterocycles. The van der Waals surface area contributed by atoms with Gasteiger partial charge in [-0.15, -0.1) is 0 Å². The zero-order valence-electron chi connectivity index (χ0n) is 9.96. The monoisotopic (exact) mass is 321 g/mol. The van der Waals surface area contributed by atoms with E-state index < -0.39 is 5.60 Å². The smallest absolute Gasteiger partial charge is 0.124 e. The van der Waals surface area contributed by atoms with E-state index in [1.165, 1.54) is 12.1 Å². The molecule has 1 atom stereocenters. The Hall–Kier alpha value is -0.100. The van der Waals surface area contributed by atoms with Crippen LogP contribution < -0.4 is 5.32 Å². The molecule has 2 N–H and O–H groups in total. The van der Waals surface area contributed by atoms with E-state index in [9.17, 15) is 9.50 Å². The van der Waals surface area contributed by atoms with Crippen molar-refractivity contribution in [2.45, 2.75) is 19.1 Å². The van der Waals surface area contributed by atoms with E-state index in [4.69, 9.17) is 0 Å². The Morgan fingerprint density at radius 1 is 1.47 bits per heavy atom. The third kappa shape index (κ3) is 5.86. The maximum Gasteiger partial charge on any atom is 0.124 e. The van der Waals surface area contributed by atoms with Crippen molar-refractivity contribution in [3.05, 3.63) is 34.1 Å². The minimum Gasteiger partial charge on any atom is -0.388 e. The molecule has 0 aliphatic carbocycles. The van der Waals surface area contributed by atoms with Crippen LogP contribution in [0.25, 0.3) is 0 Å². The topological polar surface area (TPSA) is 32.3 Å². The van der Waals surface area contributed by atoms with Crippen molar-refractivity contribution >= 4 is 27.7 Å². The Labute approximate surface area is 114 Å². The Morgan fingerprint density at radius 3 is 2.76 bits per heavy atom. The van der Waals surface area contributed by atoms with Gasteiger partial charge < -0.3 is 10.4 Å². The highest BCUT2D eigenvalue weighted by Gasteiger charge is 2.18. The lowest BCUT2D eigenvalue weighted by atomic mass is 10.1. The molecule has 0 aliphatic heterocycles. The van der Waals surface area contributed by atoms with E-state index in [1.807, 2.05) is 12.3 Å². The normalized spacial score (nSPS) is 14.6. The number of hydrogen-bond acceptors (Lipinski definition) is 3. The fraction of sp³-hybridized carbons (Fsp3) is 0.500. The standard InChI is InChI=1S/C12H17BrFNOS/c1-12(16,8-17-2)7-15-6-9-3-10(13)5-11(14)4-9/h3-5,15-16H,6-8H2,1-2H3. The Morgan fingerprint density at radius 2 is 2.18 bits per heavy atom. The van der Waals surface area contributed by atoms with Crippen molar-refractivity contribution in [2.75, 3.05) is 18.6 Å². The molecule has 0 aromatic heterocycles. The maximum atomic E-state index is 13.1. The minimum atomic E-state index is -0.732. The van der Waals surface area contributed by atoms with Gasteiger partial charge in [0.1, 0.15) is 5.82 Å². The predicted molar refractivity (Wildman–Crippen MR) is 74.8 cm³/mol. The molecule has 96 valence electrons. The van der Waals surface area contributed by atoms with E-state index in [0.717, 1.165) is 10.0 Å². The second kappa shape index (κ2) is 6.73. The minimum absolute atomic E-state index is 0.257. The molecule has 1 aromatic carbocycles. The predicted octanol–water partition coefficient (Wildman–Crippen LogP) is 2.79. The largest absolute Gasteiger partial charge is 0.388 e. The first-order valence-electron chi connectivity index (χ1n) is 5.30. The van der Waals surface area contributed by atoms with Gasteiger partial charge in [0, 0.05) is 23.3 Å². The Bertz CT molecular complexity index is 353. The van der Waals surface area contributed by atoms with Crippen LogP contribution in [0.2, 0.25) is 0 Å². The molecule has 1 rings (SSSR count). The molecule has 0 aliphatic rings. The zero-order valence-corrected chi connectivity index (χ0v) is 12.4. The van der Waals surface area contributed by atoms with Gasteiger partial charge in [0.15, 0.2) is 0 Å². The molecular weight excluding hydrogens is 305 g/mol. The van der Waals surface area contributed by atoms with E-state index in [-0.39, 0.29) is 5.82 Å². The van der Waals surface area contributed by atoms with Crippen LogP contribution in [0.5, 0.6) is 0 Å². The molecule has 0 bridgehead atoms. The van der Waals surface area contributed by atoms with Crippen LogP contribution in [-0.4, -0.2) is 29.3 Å². The number of halogens is 2. The first-order chi connectivity index (χ1) is 7.93. The average Bonchev–Trinajstić information content (AvgIpc) is 2.15. The lowest BCUT2D eigenvalue weighted by molar-refractivity contribution is 0.0846. The summed E-state index contributed by atoms with van der Waals surface area (Å²) in [6, 6.07) is 4.77. The van der Waals surface area contributed by atoms with Crippen LogP contribution in [0.4, 0.5) is 4.39 Å². The molecule has 0 spiro atoms. The average molecular weight is 322 g/mol.